The number of nitrogens with zero attached hydrogens (tertiary/aromatic N) is 3. The van der Waals surface area contributed by atoms with Gasteiger partial charge in [0.05, 0.1) is 17.6 Å². The molecule has 1 fully saturated rings. The monoisotopic (exact) mass is 398 g/mol. The predicted octanol–water partition coefficient (Wildman–Crippen LogP) is 4.79. The Bertz CT molecular complexity index is 1190. The highest BCUT2D eigenvalue weighted by Crippen LogP contribution is 2.33. The molecule has 2 aromatic heterocycles. The van der Waals surface area contributed by atoms with E-state index in [0.29, 0.717) is 17.4 Å². The van der Waals surface area contributed by atoms with Gasteiger partial charge in [-0.15, -0.1) is 0 Å². The molecule has 2 aromatic carbocycles. The van der Waals surface area contributed by atoms with Gasteiger partial charge in [-0.25, -0.2) is 4.98 Å². The maximum Gasteiger partial charge on any atom is 0.251 e. The standard InChI is InChI=1S/C24H22N4O2/c1-16-22(23(27-30-16)17-7-3-2-4-8-17)21-14-28(15-25-21)20-12-5-9-18(13-20)24(29)26-19-10-6-11-19/h2-5,7-9,12-15,19H,6,10-11H2,1H3,(H,26,29). The summed E-state index contributed by atoms with van der Waals surface area (Å²) in [6, 6.07) is 17.8. The number of aryl methyl sites for hydroxylation is 1. The second-order valence-corrected chi connectivity index (χ2v) is 7.65. The molecule has 0 saturated heterocycles. The van der Waals surface area contributed by atoms with Crippen molar-refractivity contribution < 1.29 is 9.32 Å². The third-order valence-electron chi connectivity index (χ3n) is 5.60. The van der Waals surface area contributed by atoms with E-state index in [-0.39, 0.29) is 5.91 Å². The zero-order chi connectivity index (χ0) is 20.5. The largest absolute Gasteiger partial charge is 0.360 e. The highest BCUT2D eigenvalue weighted by atomic mass is 16.5. The first-order valence-electron chi connectivity index (χ1n) is 10.2. The summed E-state index contributed by atoms with van der Waals surface area (Å²) in [5.41, 5.74) is 4.93. The molecule has 0 radical (unpaired) electrons. The molecule has 6 heteroatoms. The van der Waals surface area contributed by atoms with Gasteiger partial charge in [-0.05, 0) is 44.4 Å². The number of nitrogens with one attached hydrogen (secondary N) is 1. The number of carbonyl (C=O) groups is 1. The minimum Gasteiger partial charge on any atom is -0.360 e. The van der Waals surface area contributed by atoms with E-state index in [9.17, 15) is 4.79 Å². The molecule has 150 valence electrons. The van der Waals surface area contributed by atoms with Crippen LogP contribution in [0.25, 0.3) is 28.2 Å². The van der Waals surface area contributed by atoms with E-state index >= 15 is 0 Å². The third-order valence-corrected chi connectivity index (χ3v) is 5.60. The van der Waals surface area contributed by atoms with Crippen LogP contribution in [0.2, 0.25) is 0 Å². The smallest absolute Gasteiger partial charge is 0.251 e. The van der Waals surface area contributed by atoms with Crippen molar-refractivity contribution in [3.63, 3.8) is 0 Å². The predicted molar refractivity (Wildman–Crippen MR) is 114 cm³/mol. The van der Waals surface area contributed by atoms with Crippen LogP contribution in [0.4, 0.5) is 0 Å². The van der Waals surface area contributed by atoms with Gasteiger partial charge in [0.1, 0.15) is 11.5 Å². The highest BCUT2D eigenvalue weighted by Gasteiger charge is 2.21. The number of amides is 1. The van der Waals surface area contributed by atoms with Crippen LogP contribution in [0.3, 0.4) is 0 Å². The first kappa shape index (κ1) is 18.4. The maximum absolute atomic E-state index is 12.5. The highest BCUT2D eigenvalue weighted by molar-refractivity contribution is 5.95. The van der Waals surface area contributed by atoms with E-state index in [4.69, 9.17) is 4.52 Å². The van der Waals surface area contributed by atoms with Crippen LogP contribution < -0.4 is 5.32 Å². The molecule has 1 aliphatic rings. The van der Waals surface area contributed by atoms with E-state index < -0.39 is 0 Å². The molecule has 4 aromatic rings. The number of hydrogen-bond acceptors (Lipinski definition) is 4. The third kappa shape index (κ3) is 3.41. The van der Waals surface area contributed by atoms with Gasteiger partial charge in [0.25, 0.3) is 5.91 Å². The van der Waals surface area contributed by atoms with Gasteiger partial charge in [0.15, 0.2) is 0 Å². The van der Waals surface area contributed by atoms with Crippen LogP contribution in [0.5, 0.6) is 0 Å². The van der Waals surface area contributed by atoms with E-state index in [1.807, 2.05) is 72.3 Å². The lowest BCUT2D eigenvalue weighted by molar-refractivity contribution is 0.0917. The topological polar surface area (TPSA) is 73.0 Å². The zero-order valence-corrected chi connectivity index (χ0v) is 16.7. The normalized spacial score (nSPS) is 13.8. The summed E-state index contributed by atoms with van der Waals surface area (Å²) in [6.07, 6.45) is 7.01. The number of aromatic nitrogens is 3. The van der Waals surface area contributed by atoms with E-state index in [1.54, 1.807) is 6.33 Å². The van der Waals surface area contributed by atoms with Crippen LogP contribution in [0, 0.1) is 6.92 Å². The number of rotatable bonds is 5. The van der Waals surface area contributed by atoms with Crippen molar-refractivity contribution in [3.8, 4) is 28.2 Å². The summed E-state index contributed by atoms with van der Waals surface area (Å²) in [7, 11) is 0. The molecular formula is C24H22N4O2. The molecule has 1 saturated carbocycles. The second-order valence-electron chi connectivity index (χ2n) is 7.65. The summed E-state index contributed by atoms with van der Waals surface area (Å²) in [5, 5.41) is 7.33. The number of carbonyl (C=O) groups excluding carboxylic acids is 1. The van der Waals surface area contributed by atoms with Crippen LogP contribution >= 0.6 is 0 Å². The van der Waals surface area contributed by atoms with Gasteiger partial charge in [0, 0.05) is 29.1 Å². The fourth-order valence-electron chi connectivity index (χ4n) is 3.69. The summed E-state index contributed by atoms with van der Waals surface area (Å²) < 4.78 is 7.38. The molecule has 0 aliphatic heterocycles. The van der Waals surface area contributed by atoms with Gasteiger partial charge < -0.3 is 14.4 Å². The van der Waals surface area contributed by atoms with E-state index in [1.165, 1.54) is 6.42 Å². The molecule has 0 atom stereocenters. The molecular weight excluding hydrogens is 376 g/mol. The van der Waals surface area contributed by atoms with E-state index in [0.717, 1.165) is 41.0 Å². The Morgan fingerprint density at radius 3 is 2.73 bits per heavy atom. The van der Waals surface area contributed by atoms with Gasteiger partial charge in [-0.1, -0.05) is 41.6 Å². The van der Waals surface area contributed by atoms with Crippen LogP contribution in [-0.4, -0.2) is 26.7 Å². The first-order valence-corrected chi connectivity index (χ1v) is 10.2. The summed E-state index contributed by atoms with van der Waals surface area (Å²) in [4.78, 5) is 17.1. The van der Waals surface area contributed by atoms with Gasteiger partial charge in [-0.3, -0.25) is 4.79 Å². The van der Waals surface area contributed by atoms with Gasteiger partial charge >= 0.3 is 0 Å². The Morgan fingerprint density at radius 1 is 1.13 bits per heavy atom. The van der Waals surface area contributed by atoms with Crippen molar-refractivity contribution in [2.75, 3.05) is 0 Å². The fraction of sp³-hybridized carbons (Fsp3) is 0.208. The number of benzene rings is 2. The number of hydrogen-bond donors (Lipinski definition) is 1. The Hall–Kier alpha value is -3.67. The Balaban J connectivity index is 1.45. The minimum atomic E-state index is -0.0249. The van der Waals surface area contributed by atoms with Crippen molar-refractivity contribution >= 4 is 5.91 Å². The molecule has 2 heterocycles. The Morgan fingerprint density at radius 2 is 1.97 bits per heavy atom. The first-order chi connectivity index (χ1) is 14.7. The van der Waals surface area contributed by atoms with Crippen molar-refractivity contribution in [2.45, 2.75) is 32.2 Å². The van der Waals surface area contributed by atoms with Gasteiger partial charge in [0.2, 0.25) is 0 Å². The molecule has 1 N–H and O–H groups in total. The zero-order valence-electron chi connectivity index (χ0n) is 16.7. The Kier molecular flexibility index (Phi) is 4.67. The molecule has 0 unspecified atom stereocenters. The molecule has 5 rings (SSSR count). The lowest BCUT2D eigenvalue weighted by Crippen LogP contribution is -2.39. The van der Waals surface area contributed by atoms with Crippen molar-refractivity contribution in [1.29, 1.82) is 0 Å². The second kappa shape index (κ2) is 7.63. The SMILES string of the molecule is Cc1onc(-c2ccccc2)c1-c1cn(-c2cccc(C(=O)NC3CCC3)c2)cn1. The average Bonchev–Trinajstić information content (AvgIpc) is 3.38. The van der Waals surface area contributed by atoms with Crippen LogP contribution in [0.15, 0.2) is 71.6 Å². The number of imidazole rings is 1. The van der Waals surface area contributed by atoms with Crippen LogP contribution in [0.1, 0.15) is 35.4 Å². The molecule has 0 spiro atoms. The van der Waals surface area contributed by atoms with Gasteiger partial charge in [-0.2, -0.15) is 0 Å². The fourth-order valence-corrected chi connectivity index (χ4v) is 3.69. The van der Waals surface area contributed by atoms with Crippen molar-refractivity contribution in [3.05, 3.63) is 78.4 Å². The van der Waals surface area contributed by atoms with Crippen molar-refractivity contribution in [2.24, 2.45) is 0 Å². The molecule has 30 heavy (non-hydrogen) atoms. The lowest BCUT2D eigenvalue weighted by Gasteiger charge is -2.26. The average molecular weight is 398 g/mol. The molecule has 1 aliphatic carbocycles. The molecule has 1 amide bonds. The summed E-state index contributed by atoms with van der Waals surface area (Å²) >= 11 is 0. The molecule has 0 bridgehead atoms. The van der Waals surface area contributed by atoms with Crippen LogP contribution in [-0.2, 0) is 0 Å². The lowest BCUT2D eigenvalue weighted by atomic mass is 9.93. The van der Waals surface area contributed by atoms with E-state index in [2.05, 4.69) is 15.5 Å². The summed E-state index contributed by atoms with van der Waals surface area (Å²) in [5.74, 6) is 0.691. The summed E-state index contributed by atoms with van der Waals surface area (Å²) in [6.45, 7) is 1.89. The Labute approximate surface area is 174 Å². The molecule has 6 nitrogen and oxygen atoms in total. The van der Waals surface area contributed by atoms with Crippen molar-refractivity contribution in [1.82, 2.24) is 20.0 Å². The quantitative estimate of drug-likeness (QED) is 0.525. The minimum absolute atomic E-state index is 0.0249. The maximum atomic E-state index is 12.5.